The van der Waals surface area contributed by atoms with Crippen molar-refractivity contribution in [3.05, 3.63) is 0 Å². The molecule has 0 aromatic rings. The topological polar surface area (TPSA) is 52.9 Å². The van der Waals surface area contributed by atoms with E-state index in [2.05, 4.69) is 24.2 Å². The van der Waals surface area contributed by atoms with Crippen LogP contribution < -0.4 is 0 Å². The van der Waals surface area contributed by atoms with E-state index < -0.39 is 0 Å². The van der Waals surface area contributed by atoms with Crippen LogP contribution in [0, 0.1) is 0 Å². The number of rotatable bonds is 9. The number of carbonyl (C=O) groups excluding carboxylic acids is 1. The molecule has 0 radical (unpaired) electrons. The Hall–Kier alpha value is -0.610. The van der Waals surface area contributed by atoms with E-state index in [1.54, 1.807) is 0 Å². The summed E-state index contributed by atoms with van der Waals surface area (Å²) < 4.78 is 0. The predicted octanol–water partition coefficient (Wildman–Crippen LogP) is 2.34. The van der Waals surface area contributed by atoms with E-state index in [0.717, 1.165) is 25.6 Å². The van der Waals surface area contributed by atoms with E-state index >= 15 is 0 Å². The van der Waals surface area contributed by atoms with Crippen molar-refractivity contribution >= 4 is 24.4 Å². The molecule has 0 aliphatic heterocycles. The van der Waals surface area contributed by atoms with Gasteiger partial charge in [0, 0.05) is 6.42 Å². The van der Waals surface area contributed by atoms with Gasteiger partial charge in [0.15, 0.2) is 5.78 Å². The minimum absolute atomic E-state index is 0. The zero-order valence-corrected chi connectivity index (χ0v) is 11.0. The fourth-order valence-corrected chi connectivity index (χ4v) is 1.39. The molecule has 0 atom stereocenters. The zero-order chi connectivity index (χ0) is 11.5. The number of hydrogen-bond donors (Lipinski definition) is 1. The van der Waals surface area contributed by atoms with Gasteiger partial charge in [-0.25, -0.2) is 0 Å². The van der Waals surface area contributed by atoms with Crippen LogP contribution in [0.5, 0.6) is 0 Å². The average molecular weight is 251 g/mol. The van der Waals surface area contributed by atoms with Crippen LogP contribution >= 0.6 is 12.4 Å². The number of hydrogen-bond acceptors (Lipinski definition) is 4. The number of halogens is 1. The molecule has 0 aromatic carbocycles. The maximum atomic E-state index is 10.9. The molecule has 0 rings (SSSR count). The van der Waals surface area contributed by atoms with Gasteiger partial charge < -0.3 is 10.1 Å². The molecule has 0 saturated carbocycles. The standard InChI is InChI=1S/C11H22N2O2.ClH/c1-13(2)9-7-5-3-4-6-8-11(14)10-12-15;/h10,15H,3-9H2,1-2H3;1H. The van der Waals surface area contributed by atoms with Gasteiger partial charge in [-0.2, -0.15) is 0 Å². The van der Waals surface area contributed by atoms with E-state index in [1.165, 1.54) is 19.3 Å². The maximum absolute atomic E-state index is 10.9. The fourth-order valence-electron chi connectivity index (χ4n) is 1.39. The molecular formula is C11H23ClN2O2. The van der Waals surface area contributed by atoms with Crippen molar-refractivity contribution in [2.24, 2.45) is 5.16 Å². The van der Waals surface area contributed by atoms with Crippen molar-refractivity contribution in [3.8, 4) is 0 Å². The van der Waals surface area contributed by atoms with Crippen LogP contribution in [0.1, 0.15) is 38.5 Å². The highest BCUT2D eigenvalue weighted by Gasteiger charge is 1.98. The molecule has 0 heterocycles. The van der Waals surface area contributed by atoms with Gasteiger partial charge in [0.1, 0.15) is 6.21 Å². The monoisotopic (exact) mass is 250 g/mol. The lowest BCUT2D eigenvalue weighted by Crippen LogP contribution is -2.12. The molecule has 0 aliphatic carbocycles. The Labute approximate surface area is 104 Å². The van der Waals surface area contributed by atoms with Gasteiger partial charge in [-0.3, -0.25) is 4.79 Å². The van der Waals surface area contributed by atoms with Crippen molar-refractivity contribution in [3.63, 3.8) is 0 Å². The summed E-state index contributed by atoms with van der Waals surface area (Å²) in [4.78, 5) is 13.1. The second-order valence-corrected chi connectivity index (χ2v) is 4.03. The molecule has 0 saturated heterocycles. The Bertz CT molecular complexity index is 196. The van der Waals surface area contributed by atoms with Crippen molar-refractivity contribution < 1.29 is 10.0 Å². The summed E-state index contributed by atoms with van der Waals surface area (Å²) in [6.45, 7) is 1.14. The van der Waals surface area contributed by atoms with Gasteiger partial charge in [-0.15, -0.1) is 12.4 Å². The molecule has 0 spiro atoms. The summed E-state index contributed by atoms with van der Waals surface area (Å²) in [6, 6.07) is 0. The fraction of sp³-hybridized carbons (Fsp3) is 0.818. The van der Waals surface area contributed by atoms with Gasteiger partial charge in [0.2, 0.25) is 0 Å². The smallest absolute Gasteiger partial charge is 0.177 e. The molecule has 0 aromatic heterocycles. The SMILES string of the molecule is CN(C)CCCCCCCC(=O)C=NO.Cl. The van der Waals surface area contributed by atoms with Crippen LogP contribution in [0.4, 0.5) is 0 Å². The van der Waals surface area contributed by atoms with E-state index in [1.807, 2.05) is 0 Å². The molecule has 1 N–H and O–H groups in total. The second-order valence-electron chi connectivity index (χ2n) is 4.03. The van der Waals surface area contributed by atoms with Crippen molar-refractivity contribution in [2.45, 2.75) is 38.5 Å². The van der Waals surface area contributed by atoms with Crippen LogP contribution in [0.15, 0.2) is 5.16 Å². The third kappa shape index (κ3) is 13.4. The van der Waals surface area contributed by atoms with Crippen LogP contribution in [0.2, 0.25) is 0 Å². The molecule has 0 bridgehead atoms. The molecule has 4 nitrogen and oxygen atoms in total. The summed E-state index contributed by atoms with van der Waals surface area (Å²) in [5, 5.41) is 10.8. The van der Waals surface area contributed by atoms with Crippen molar-refractivity contribution in [1.82, 2.24) is 4.90 Å². The van der Waals surface area contributed by atoms with Gasteiger partial charge in [0.25, 0.3) is 0 Å². The summed E-state index contributed by atoms with van der Waals surface area (Å²) in [7, 11) is 4.15. The molecule has 0 fully saturated rings. The lowest BCUT2D eigenvalue weighted by atomic mass is 10.1. The number of unbranched alkanes of at least 4 members (excludes halogenated alkanes) is 4. The molecule has 16 heavy (non-hydrogen) atoms. The third-order valence-corrected chi connectivity index (χ3v) is 2.23. The van der Waals surface area contributed by atoms with E-state index in [-0.39, 0.29) is 18.2 Å². The van der Waals surface area contributed by atoms with Crippen LogP contribution in [0.25, 0.3) is 0 Å². The first-order valence-electron chi connectivity index (χ1n) is 5.52. The first kappa shape index (κ1) is 17.8. The number of ketones is 1. The molecular weight excluding hydrogens is 228 g/mol. The second kappa shape index (κ2) is 12.5. The Balaban J connectivity index is 0. The normalized spacial score (nSPS) is 10.7. The van der Waals surface area contributed by atoms with Crippen LogP contribution in [-0.2, 0) is 4.79 Å². The van der Waals surface area contributed by atoms with E-state index in [4.69, 9.17) is 5.21 Å². The Morgan fingerprint density at radius 2 is 1.75 bits per heavy atom. The molecule has 0 unspecified atom stereocenters. The highest BCUT2D eigenvalue weighted by Crippen LogP contribution is 2.05. The Morgan fingerprint density at radius 1 is 1.19 bits per heavy atom. The lowest BCUT2D eigenvalue weighted by molar-refractivity contribution is -0.112. The summed E-state index contributed by atoms with van der Waals surface area (Å²) in [5.41, 5.74) is 0. The van der Waals surface area contributed by atoms with Crippen molar-refractivity contribution in [1.29, 1.82) is 0 Å². The lowest BCUT2D eigenvalue weighted by Gasteiger charge is -2.08. The first-order valence-corrected chi connectivity index (χ1v) is 5.52. The quantitative estimate of drug-likeness (QED) is 0.296. The zero-order valence-electron chi connectivity index (χ0n) is 10.2. The minimum Gasteiger partial charge on any atom is -0.411 e. The molecule has 96 valence electrons. The van der Waals surface area contributed by atoms with Crippen LogP contribution in [0.3, 0.4) is 0 Å². The Kier molecular flexibility index (Phi) is 13.8. The summed E-state index contributed by atoms with van der Waals surface area (Å²) in [6.07, 6.45) is 7.08. The third-order valence-electron chi connectivity index (χ3n) is 2.23. The number of nitrogens with zero attached hydrogens (tertiary/aromatic N) is 2. The number of Topliss-reactive ketones (excluding diaryl/α,β-unsaturated/α-hetero) is 1. The average Bonchev–Trinajstić information content (AvgIpc) is 2.16. The predicted molar refractivity (Wildman–Crippen MR) is 68.8 cm³/mol. The van der Waals surface area contributed by atoms with E-state index in [9.17, 15) is 4.79 Å². The van der Waals surface area contributed by atoms with Gasteiger partial charge in [0.05, 0.1) is 0 Å². The maximum Gasteiger partial charge on any atom is 0.177 e. The van der Waals surface area contributed by atoms with Crippen molar-refractivity contribution in [2.75, 3.05) is 20.6 Å². The Morgan fingerprint density at radius 3 is 2.31 bits per heavy atom. The van der Waals surface area contributed by atoms with Gasteiger partial charge in [-0.1, -0.05) is 24.4 Å². The summed E-state index contributed by atoms with van der Waals surface area (Å²) >= 11 is 0. The first-order chi connectivity index (χ1) is 7.16. The highest BCUT2D eigenvalue weighted by atomic mass is 35.5. The number of carbonyl (C=O) groups is 1. The number of oxime groups is 1. The van der Waals surface area contributed by atoms with Gasteiger partial charge >= 0.3 is 0 Å². The molecule has 0 aliphatic rings. The molecule has 5 heteroatoms. The van der Waals surface area contributed by atoms with E-state index in [0.29, 0.717) is 6.42 Å². The largest absolute Gasteiger partial charge is 0.411 e. The summed E-state index contributed by atoms with van der Waals surface area (Å²) in [5.74, 6) is -0.0919. The minimum atomic E-state index is -0.0919. The molecule has 0 amide bonds. The van der Waals surface area contributed by atoms with Gasteiger partial charge in [-0.05, 0) is 33.5 Å². The highest BCUT2D eigenvalue weighted by molar-refractivity contribution is 6.27. The van der Waals surface area contributed by atoms with Crippen LogP contribution in [-0.4, -0.2) is 42.7 Å².